The molecule has 4 heterocycles. The van der Waals surface area contributed by atoms with Crippen LogP contribution >= 0.6 is 0 Å². The molecule has 13 heteroatoms. The van der Waals surface area contributed by atoms with Gasteiger partial charge in [0.05, 0.1) is 13.1 Å². The molecule has 6 rings (SSSR count). The molecule has 0 amide bonds. The first-order chi connectivity index (χ1) is 29.2. The summed E-state index contributed by atoms with van der Waals surface area (Å²) in [6.07, 6.45) is 9.12. The maximum absolute atomic E-state index is 12.9. The van der Waals surface area contributed by atoms with Crippen LogP contribution in [0.3, 0.4) is 0 Å². The molecule has 0 spiro atoms. The fraction of sp³-hybridized carbons (Fsp3) is 0.333. The number of aromatic nitrogens is 6. The highest BCUT2D eigenvalue weighted by Crippen LogP contribution is 2.12. The molecule has 0 saturated carbocycles. The van der Waals surface area contributed by atoms with Gasteiger partial charge in [-0.15, -0.1) is 0 Å². The zero-order valence-electron chi connectivity index (χ0n) is 36.1. The van der Waals surface area contributed by atoms with Crippen LogP contribution in [0.25, 0.3) is 0 Å². The lowest BCUT2D eigenvalue weighted by atomic mass is 10.1. The number of Topliss-reactive ketones (excluding diaryl/α,β-unsaturated/α-hetero) is 2. The SMILES string of the molecule is CC(=O)Cn1c(C)ncc(CCCc2ccccc2)c1=O.Cc1nc(N)ccc1CCC(=O)Cn1c(C)ncc(CCCc2ccccc2)c1=O.Cc1nc(N)ccc1CN. The fourth-order valence-electron chi connectivity index (χ4n) is 6.65. The Balaban J connectivity index is 0.000000228. The van der Waals surface area contributed by atoms with Crippen molar-refractivity contribution in [1.29, 1.82) is 0 Å². The van der Waals surface area contributed by atoms with Gasteiger partial charge in [-0.2, -0.15) is 0 Å². The van der Waals surface area contributed by atoms with Crippen molar-refractivity contribution < 1.29 is 9.59 Å². The highest BCUT2D eigenvalue weighted by molar-refractivity contribution is 5.78. The molecule has 4 aromatic heterocycles. The normalized spacial score (nSPS) is 10.6. The Morgan fingerprint density at radius 2 is 1.00 bits per heavy atom. The number of hydrogen-bond acceptors (Lipinski definition) is 11. The summed E-state index contributed by atoms with van der Waals surface area (Å²) in [7, 11) is 0. The van der Waals surface area contributed by atoms with E-state index in [4.69, 9.17) is 17.2 Å². The fourth-order valence-corrected chi connectivity index (χ4v) is 6.65. The predicted octanol–water partition coefficient (Wildman–Crippen LogP) is 5.96. The van der Waals surface area contributed by atoms with Gasteiger partial charge >= 0.3 is 0 Å². The van der Waals surface area contributed by atoms with E-state index in [0.717, 1.165) is 48.2 Å². The van der Waals surface area contributed by atoms with E-state index in [9.17, 15) is 19.2 Å². The highest BCUT2D eigenvalue weighted by Gasteiger charge is 2.13. The molecule has 320 valence electrons. The third-order valence-electron chi connectivity index (χ3n) is 10.2. The number of nitrogens with two attached hydrogens (primary N) is 3. The van der Waals surface area contributed by atoms with E-state index in [1.807, 2.05) is 62.4 Å². The summed E-state index contributed by atoms with van der Waals surface area (Å²) in [4.78, 5) is 65.9. The van der Waals surface area contributed by atoms with Crippen molar-refractivity contribution >= 4 is 23.2 Å². The average molecular weight is 826 g/mol. The molecular formula is C48H59N9O4. The van der Waals surface area contributed by atoms with E-state index in [1.54, 1.807) is 38.4 Å². The number of benzene rings is 2. The second-order valence-corrected chi connectivity index (χ2v) is 15.0. The minimum absolute atomic E-state index is 0.000314. The molecule has 0 saturated heterocycles. The maximum Gasteiger partial charge on any atom is 0.257 e. The van der Waals surface area contributed by atoms with Gasteiger partial charge in [0.25, 0.3) is 11.1 Å². The smallest absolute Gasteiger partial charge is 0.257 e. The Bertz CT molecular complexity index is 2480. The molecular weight excluding hydrogens is 767 g/mol. The third-order valence-corrected chi connectivity index (χ3v) is 10.2. The number of hydrogen-bond donors (Lipinski definition) is 3. The lowest BCUT2D eigenvalue weighted by Crippen LogP contribution is -2.30. The Labute approximate surface area is 358 Å². The maximum atomic E-state index is 12.9. The van der Waals surface area contributed by atoms with Gasteiger partial charge in [-0.25, -0.2) is 19.9 Å². The van der Waals surface area contributed by atoms with Crippen LogP contribution in [0.15, 0.2) is 107 Å². The Hall–Kier alpha value is -6.60. The van der Waals surface area contributed by atoms with Gasteiger partial charge in [0, 0.05) is 47.9 Å². The lowest BCUT2D eigenvalue weighted by molar-refractivity contribution is -0.120. The molecule has 13 nitrogen and oxygen atoms in total. The number of anilines is 2. The van der Waals surface area contributed by atoms with E-state index >= 15 is 0 Å². The topological polar surface area (TPSA) is 208 Å². The van der Waals surface area contributed by atoms with Gasteiger partial charge in [-0.3, -0.25) is 28.3 Å². The van der Waals surface area contributed by atoms with Crippen molar-refractivity contribution in [1.82, 2.24) is 29.1 Å². The molecule has 0 radical (unpaired) electrons. The minimum atomic E-state index is -0.116. The molecule has 0 aliphatic heterocycles. The first-order valence-corrected chi connectivity index (χ1v) is 20.6. The average Bonchev–Trinajstić information content (AvgIpc) is 3.23. The molecule has 6 aromatic rings. The minimum Gasteiger partial charge on any atom is -0.384 e. The van der Waals surface area contributed by atoms with Crippen LogP contribution in [0.1, 0.15) is 82.6 Å². The summed E-state index contributed by atoms with van der Waals surface area (Å²) in [6, 6.07) is 27.7. The molecule has 6 N–H and O–H groups in total. The molecule has 61 heavy (non-hydrogen) atoms. The van der Waals surface area contributed by atoms with Gasteiger partial charge in [0.2, 0.25) is 0 Å². The summed E-state index contributed by atoms with van der Waals surface area (Å²) in [5, 5.41) is 0. The van der Waals surface area contributed by atoms with Crippen LogP contribution in [-0.4, -0.2) is 40.6 Å². The van der Waals surface area contributed by atoms with Crippen LogP contribution < -0.4 is 28.3 Å². The van der Waals surface area contributed by atoms with E-state index in [0.29, 0.717) is 66.6 Å². The first kappa shape index (κ1) is 47.1. The highest BCUT2D eigenvalue weighted by atomic mass is 16.1. The first-order valence-electron chi connectivity index (χ1n) is 20.6. The second-order valence-electron chi connectivity index (χ2n) is 15.0. The molecule has 0 atom stereocenters. The van der Waals surface area contributed by atoms with E-state index in [-0.39, 0.29) is 35.8 Å². The molecule has 2 aromatic carbocycles. The van der Waals surface area contributed by atoms with Gasteiger partial charge < -0.3 is 17.2 Å². The molecule has 0 fully saturated rings. The van der Waals surface area contributed by atoms with Crippen LogP contribution in [0.4, 0.5) is 11.6 Å². The van der Waals surface area contributed by atoms with Crippen molar-refractivity contribution in [3.8, 4) is 0 Å². The van der Waals surface area contributed by atoms with Crippen LogP contribution in [0, 0.1) is 27.7 Å². The van der Waals surface area contributed by atoms with E-state index in [1.165, 1.54) is 27.2 Å². The Morgan fingerprint density at radius 3 is 1.43 bits per heavy atom. The Morgan fingerprint density at radius 1 is 0.557 bits per heavy atom. The molecule has 0 aliphatic rings. The van der Waals surface area contributed by atoms with E-state index < -0.39 is 0 Å². The van der Waals surface area contributed by atoms with Gasteiger partial charge in [-0.05, 0) is 114 Å². The number of nitrogen functional groups attached to an aromatic ring is 2. The van der Waals surface area contributed by atoms with Crippen LogP contribution in [0.2, 0.25) is 0 Å². The van der Waals surface area contributed by atoms with Crippen molar-refractivity contribution in [3.63, 3.8) is 0 Å². The number of aryl methyl sites for hydroxylation is 9. The largest absolute Gasteiger partial charge is 0.384 e. The van der Waals surface area contributed by atoms with Crippen molar-refractivity contribution in [3.05, 3.63) is 174 Å². The summed E-state index contributed by atoms with van der Waals surface area (Å²) in [5.74, 6) is 2.13. The number of nitrogens with zero attached hydrogens (tertiary/aromatic N) is 6. The quantitative estimate of drug-likeness (QED) is 0.104. The number of rotatable bonds is 16. The monoisotopic (exact) mass is 825 g/mol. The van der Waals surface area contributed by atoms with Gasteiger partial charge in [0.1, 0.15) is 29.1 Å². The molecule has 0 aliphatic carbocycles. The van der Waals surface area contributed by atoms with Crippen molar-refractivity contribution in [2.24, 2.45) is 5.73 Å². The molecule has 0 bridgehead atoms. The summed E-state index contributed by atoms with van der Waals surface area (Å²) in [6.45, 7) is 9.45. The zero-order valence-corrected chi connectivity index (χ0v) is 36.1. The summed E-state index contributed by atoms with van der Waals surface area (Å²) in [5.41, 5.74) is 24.0. The lowest BCUT2D eigenvalue weighted by Gasteiger charge is -2.11. The van der Waals surface area contributed by atoms with Gasteiger partial charge in [0.15, 0.2) is 5.78 Å². The number of carbonyl (C=O) groups is 2. The van der Waals surface area contributed by atoms with Crippen LogP contribution in [0.5, 0.6) is 0 Å². The number of pyridine rings is 2. The Kier molecular flexibility index (Phi) is 18.4. The summed E-state index contributed by atoms with van der Waals surface area (Å²) < 4.78 is 2.95. The van der Waals surface area contributed by atoms with Crippen molar-refractivity contribution in [2.45, 2.75) is 106 Å². The van der Waals surface area contributed by atoms with Crippen LogP contribution in [-0.2, 0) is 61.3 Å². The second kappa shape index (κ2) is 23.9. The summed E-state index contributed by atoms with van der Waals surface area (Å²) >= 11 is 0. The number of carbonyl (C=O) groups excluding carboxylic acids is 2. The standard InChI is InChI=1S/C24H28N4O2.C17H20N2O2.C7H11N3/c1-17-20(12-14-23(25)27-17)11-13-22(29)16-28-18(2)26-15-21(24(28)30)10-6-9-19-7-4-3-5-8-19;1-13(20)12-19-14(2)18-11-16(17(19)21)10-6-9-15-7-4-3-5-8-15;1-5-6(4-8)2-3-7(9)10-5/h3-5,7-8,12,14-15H,6,9-11,13,16H2,1-2H3,(H2,25,27);3-5,7-8,11H,6,9-10,12H2,1-2H3;2-3H,4,8H2,1H3,(H2,9,10). The van der Waals surface area contributed by atoms with Gasteiger partial charge in [-0.1, -0.05) is 72.8 Å². The number of ketones is 2. The predicted molar refractivity (Wildman–Crippen MR) is 242 cm³/mol. The van der Waals surface area contributed by atoms with E-state index in [2.05, 4.69) is 44.2 Å². The third kappa shape index (κ3) is 15.2. The zero-order chi connectivity index (χ0) is 44.3. The molecule has 0 unspecified atom stereocenters. The van der Waals surface area contributed by atoms with Crippen molar-refractivity contribution in [2.75, 3.05) is 11.5 Å².